The number of carbonyl (C=O) groups excluding carboxylic acids is 1. The maximum Gasteiger partial charge on any atom is 0.238 e. The number of nitrogens with zero attached hydrogens (tertiary/aromatic N) is 2. The van der Waals surface area contributed by atoms with E-state index in [4.69, 9.17) is 11.6 Å². The van der Waals surface area contributed by atoms with E-state index in [-0.39, 0.29) is 5.91 Å². The lowest BCUT2D eigenvalue weighted by Crippen LogP contribution is -2.48. The number of hydrogen-bond donors (Lipinski definition) is 1. The van der Waals surface area contributed by atoms with E-state index in [1.54, 1.807) is 11.3 Å². The van der Waals surface area contributed by atoms with E-state index >= 15 is 0 Å². The van der Waals surface area contributed by atoms with Crippen molar-refractivity contribution in [3.8, 4) is 0 Å². The molecule has 6 heteroatoms. The monoisotopic (exact) mass is 391 g/mol. The fraction of sp³-hybridized carbons (Fsp3) is 0.450. The molecule has 0 atom stereocenters. The van der Waals surface area contributed by atoms with Crippen LogP contribution in [0.2, 0.25) is 4.34 Å². The number of piperazine rings is 1. The second kappa shape index (κ2) is 9.00. The molecule has 0 spiro atoms. The van der Waals surface area contributed by atoms with E-state index in [2.05, 4.69) is 34.2 Å². The SMILES string of the molecule is CCc1cccc(C)c1NC(=O)CN1CCN(Cc2ccc(Cl)s2)CC1. The van der Waals surface area contributed by atoms with E-state index in [1.807, 2.05) is 25.1 Å². The van der Waals surface area contributed by atoms with Gasteiger partial charge in [-0.25, -0.2) is 0 Å². The minimum atomic E-state index is 0.0764. The van der Waals surface area contributed by atoms with Gasteiger partial charge in [0.2, 0.25) is 5.91 Å². The predicted molar refractivity (Wildman–Crippen MR) is 110 cm³/mol. The maximum atomic E-state index is 12.5. The van der Waals surface area contributed by atoms with Crippen molar-refractivity contribution in [2.24, 2.45) is 0 Å². The zero-order chi connectivity index (χ0) is 18.5. The van der Waals surface area contributed by atoms with Crippen molar-refractivity contribution in [1.82, 2.24) is 9.80 Å². The van der Waals surface area contributed by atoms with E-state index in [9.17, 15) is 4.79 Å². The van der Waals surface area contributed by atoms with Crippen LogP contribution in [0.25, 0.3) is 0 Å². The van der Waals surface area contributed by atoms with Crippen LogP contribution in [0.5, 0.6) is 0 Å². The Labute approximate surface area is 164 Å². The van der Waals surface area contributed by atoms with Crippen LogP contribution in [-0.4, -0.2) is 48.4 Å². The van der Waals surface area contributed by atoms with Gasteiger partial charge in [0.25, 0.3) is 0 Å². The number of carbonyl (C=O) groups is 1. The van der Waals surface area contributed by atoms with E-state index in [0.29, 0.717) is 6.54 Å². The summed E-state index contributed by atoms with van der Waals surface area (Å²) in [7, 11) is 0. The number of benzene rings is 1. The third-order valence-corrected chi connectivity index (χ3v) is 6.06. The van der Waals surface area contributed by atoms with Gasteiger partial charge in [0.1, 0.15) is 0 Å². The Morgan fingerprint density at radius 2 is 1.88 bits per heavy atom. The van der Waals surface area contributed by atoms with Crippen molar-refractivity contribution in [3.63, 3.8) is 0 Å². The van der Waals surface area contributed by atoms with E-state index in [0.717, 1.165) is 54.7 Å². The van der Waals surface area contributed by atoms with Gasteiger partial charge in [-0.15, -0.1) is 11.3 Å². The molecule has 0 bridgehead atoms. The fourth-order valence-corrected chi connectivity index (χ4v) is 4.48. The minimum Gasteiger partial charge on any atom is -0.324 e. The van der Waals surface area contributed by atoms with Gasteiger partial charge in [0, 0.05) is 43.3 Å². The zero-order valence-corrected chi connectivity index (χ0v) is 17.0. The van der Waals surface area contributed by atoms with Crippen molar-refractivity contribution >= 4 is 34.5 Å². The highest BCUT2D eigenvalue weighted by Gasteiger charge is 2.20. The number of rotatable bonds is 6. The number of hydrogen-bond acceptors (Lipinski definition) is 4. The summed E-state index contributed by atoms with van der Waals surface area (Å²) in [6.45, 7) is 9.36. The Hall–Kier alpha value is -1.40. The third kappa shape index (κ3) is 5.07. The molecule has 0 aliphatic carbocycles. The molecule has 0 radical (unpaired) electrons. The quantitative estimate of drug-likeness (QED) is 0.807. The lowest BCUT2D eigenvalue weighted by Gasteiger charge is -2.34. The van der Waals surface area contributed by atoms with Crippen molar-refractivity contribution in [3.05, 3.63) is 50.7 Å². The summed E-state index contributed by atoms with van der Waals surface area (Å²) in [5, 5.41) is 3.12. The summed E-state index contributed by atoms with van der Waals surface area (Å²) in [6, 6.07) is 10.2. The Kier molecular flexibility index (Phi) is 6.70. The van der Waals surface area contributed by atoms with E-state index in [1.165, 1.54) is 10.4 Å². The van der Waals surface area contributed by atoms with Crippen LogP contribution in [0, 0.1) is 6.92 Å². The Morgan fingerprint density at radius 1 is 1.15 bits per heavy atom. The van der Waals surface area contributed by atoms with Crippen LogP contribution >= 0.6 is 22.9 Å². The topological polar surface area (TPSA) is 35.6 Å². The van der Waals surface area contributed by atoms with Crippen LogP contribution in [-0.2, 0) is 17.8 Å². The largest absolute Gasteiger partial charge is 0.324 e. The smallest absolute Gasteiger partial charge is 0.238 e. The highest BCUT2D eigenvalue weighted by Crippen LogP contribution is 2.23. The molecule has 1 N–H and O–H groups in total. The van der Waals surface area contributed by atoms with E-state index < -0.39 is 0 Å². The summed E-state index contributed by atoms with van der Waals surface area (Å²) < 4.78 is 0.845. The minimum absolute atomic E-state index is 0.0764. The molecule has 1 aromatic carbocycles. The number of amides is 1. The van der Waals surface area contributed by atoms with Crippen LogP contribution in [0.15, 0.2) is 30.3 Å². The number of para-hydroxylation sites is 1. The number of anilines is 1. The van der Waals surface area contributed by atoms with Gasteiger partial charge >= 0.3 is 0 Å². The van der Waals surface area contributed by atoms with Crippen molar-refractivity contribution in [2.75, 3.05) is 38.0 Å². The van der Waals surface area contributed by atoms with Gasteiger partial charge in [-0.05, 0) is 36.6 Å². The first-order valence-corrected chi connectivity index (χ1v) is 10.3. The number of nitrogens with one attached hydrogen (secondary N) is 1. The molecule has 26 heavy (non-hydrogen) atoms. The van der Waals surface area contributed by atoms with Gasteiger partial charge in [0.05, 0.1) is 10.9 Å². The summed E-state index contributed by atoms with van der Waals surface area (Å²) in [5.41, 5.74) is 3.29. The lowest BCUT2D eigenvalue weighted by molar-refractivity contribution is -0.117. The Bertz CT molecular complexity index is 753. The summed E-state index contributed by atoms with van der Waals surface area (Å²) in [4.78, 5) is 18.5. The van der Waals surface area contributed by atoms with Gasteiger partial charge in [-0.3, -0.25) is 14.6 Å². The van der Waals surface area contributed by atoms with Crippen molar-refractivity contribution < 1.29 is 4.79 Å². The van der Waals surface area contributed by atoms with Gasteiger partial charge in [-0.2, -0.15) is 0 Å². The van der Waals surface area contributed by atoms with Crippen molar-refractivity contribution in [2.45, 2.75) is 26.8 Å². The molecular weight excluding hydrogens is 366 g/mol. The molecule has 4 nitrogen and oxygen atoms in total. The molecule has 140 valence electrons. The zero-order valence-electron chi connectivity index (χ0n) is 15.4. The molecule has 1 saturated heterocycles. The summed E-state index contributed by atoms with van der Waals surface area (Å²) in [6.07, 6.45) is 0.919. The molecule has 3 rings (SSSR count). The van der Waals surface area contributed by atoms with Crippen LogP contribution in [0.4, 0.5) is 5.69 Å². The first-order chi connectivity index (χ1) is 12.5. The second-order valence-electron chi connectivity index (χ2n) is 6.77. The Morgan fingerprint density at radius 3 is 2.54 bits per heavy atom. The average Bonchev–Trinajstić information content (AvgIpc) is 3.03. The normalized spacial score (nSPS) is 16.0. The summed E-state index contributed by atoms with van der Waals surface area (Å²) >= 11 is 7.65. The van der Waals surface area contributed by atoms with Crippen LogP contribution in [0.3, 0.4) is 0 Å². The molecule has 2 heterocycles. The van der Waals surface area contributed by atoms with Gasteiger partial charge in [-0.1, -0.05) is 36.7 Å². The molecular formula is C20H26ClN3OS. The third-order valence-electron chi connectivity index (χ3n) is 4.84. The van der Waals surface area contributed by atoms with Gasteiger partial charge < -0.3 is 5.32 Å². The predicted octanol–water partition coefficient (Wildman–Crippen LogP) is 4.03. The molecule has 1 amide bonds. The van der Waals surface area contributed by atoms with Gasteiger partial charge in [0.15, 0.2) is 0 Å². The number of halogens is 1. The molecule has 1 aliphatic heterocycles. The average molecular weight is 392 g/mol. The first kappa shape index (κ1) is 19.4. The highest BCUT2D eigenvalue weighted by molar-refractivity contribution is 7.16. The summed E-state index contributed by atoms with van der Waals surface area (Å²) in [5.74, 6) is 0.0764. The maximum absolute atomic E-state index is 12.5. The molecule has 1 aromatic heterocycles. The standard InChI is InChI=1S/C20H26ClN3OS/c1-3-16-6-4-5-15(2)20(16)22-19(25)14-24-11-9-23(10-12-24)13-17-7-8-18(21)26-17/h4-8H,3,9-14H2,1-2H3,(H,22,25). The van der Waals surface area contributed by atoms with Crippen molar-refractivity contribution in [1.29, 1.82) is 0 Å². The molecule has 1 fully saturated rings. The van der Waals surface area contributed by atoms with Crippen LogP contribution < -0.4 is 5.32 Å². The fourth-order valence-electron chi connectivity index (χ4n) is 3.35. The molecule has 2 aromatic rings. The van der Waals surface area contributed by atoms with Crippen LogP contribution in [0.1, 0.15) is 22.9 Å². The number of thiophene rings is 1. The molecule has 0 saturated carbocycles. The Balaban J connectivity index is 1.48. The number of aryl methyl sites for hydroxylation is 2. The molecule has 0 unspecified atom stereocenters. The first-order valence-electron chi connectivity index (χ1n) is 9.12. The molecule has 1 aliphatic rings. The second-order valence-corrected chi connectivity index (χ2v) is 8.57. The highest BCUT2D eigenvalue weighted by atomic mass is 35.5. The lowest BCUT2D eigenvalue weighted by atomic mass is 10.1.